The number of ether oxygens (including phenoxy) is 1. The zero-order valence-electron chi connectivity index (χ0n) is 17.4. The fourth-order valence-electron chi connectivity index (χ4n) is 3.24. The third kappa shape index (κ3) is 5.70. The molecule has 0 aliphatic carbocycles. The summed E-state index contributed by atoms with van der Waals surface area (Å²) in [6, 6.07) is 18.2. The summed E-state index contributed by atoms with van der Waals surface area (Å²) in [5.74, 6) is 0.934. The third-order valence-corrected chi connectivity index (χ3v) is 5.87. The molecule has 3 aromatic rings. The Balaban J connectivity index is 0.00000104. The molecule has 2 heterocycles. The highest BCUT2D eigenvalue weighted by molar-refractivity contribution is 7.19. The molecule has 4 rings (SSSR count). The summed E-state index contributed by atoms with van der Waals surface area (Å²) in [6.07, 6.45) is 3.05. The van der Waals surface area contributed by atoms with Crippen molar-refractivity contribution >= 4 is 22.2 Å². The molecule has 2 aromatic carbocycles. The fraction of sp³-hybridized carbons (Fsp3) is 0.360. The Morgan fingerprint density at radius 2 is 1.77 bits per heavy atom. The van der Waals surface area contributed by atoms with E-state index in [1.807, 2.05) is 61.2 Å². The van der Waals surface area contributed by atoms with Crippen molar-refractivity contribution in [2.75, 3.05) is 11.4 Å². The molecule has 1 aliphatic heterocycles. The summed E-state index contributed by atoms with van der Waals surface area (Å²) >= 11 is 1.61. The summed E-state index contributed by atoms with van der Waals surface area (Å²) in [4.78, 5) is 18.7. The molecule has 0 saturated carbocycles. The van der Waals surface area contributed by atoms with Crippen LogP contribution >= 0.6 is 11.3 Å². The molecule has 1 amide bonds. The van der Waals surface area contributed by atoms with Gasteiger partial charge in [-0.15, -0.1) is 0 Å². The van der Waals surface area contributed by atoms with E-state index in [0.717, 1.165) is 58.4 Å². The zero-order valence-corrected chi connectivity index (χ0v) is 18.2. The van der Waals surface area contributed by atoms with Crippen LogP contribution in [0.1, 0.15) is 52.3 Å². The van der Waals surface area contributed by atoms with Crippen LogP contribution in [0.4, 0.5) is 5.00 Å². The molecule has 160 valence electrons. The van der Waals surface area contributed by atoms with E-state index in [9.17, 15) is 4.79 Å². The number of aryl methyl sites for hydroxylation is 1. The summed E-state index contributed by atoms with van der Waals surface area (Å²) < 4.78 is 5.86. The van der Waals surface area contributed by atoms with E-state index in [1.54, 1.807) is 18.3 Å². The van der Waals surface area contributed by atoms with Crippen LogP contribution in [0.2, 0.25) is 0 Å². The topological polar surface area (TPSA) is 42.4 Å². The minimum atomic E-state index is 0. The highest BCUT2D eigenvalue weighted by Crippen LogP contribution is 2.37. The van der Waals surface area contributed by atoms with Gasteiger partial charge in [0.1, 0.15) is 22.4 Å². The van der Waals surface area contributed by atoms with Crippen molar-refractivity contribution in [3.63, 3.8) is 0 Å². The van der Waals surface area contributed by atoms with E-state index in [0.29, 0.717) is 6.61 Å². The van der Waals surface area contributed by atoms with Gasteiger partial charge in [-0.05, 0) is 49.1 Å². The van der Waals surface area contributed by atoms with Gasteiger partial charge in [-0.3, -0.25) is 4.79 Å². The second-order valence-electron chi connectivity index (χ2n) is 6.70. The first-order valence-corrected chi connectivity index (χ1v) is 11.1. The number of nitrogens with zero attached hydrogens (tertiary/aromatic N) is 2. The van der Waals surface area contributed by atoms with E-state index in [2.05, 4.69) is 12.1 Å². The second kappa shape index (κ2) is 11.5. The van der Waals surface area contributed by atoms with Gasteiger partial charge >= 0.3 is 0 Å². The molecule has 1 aliphatic rings. The van der Waals surface area contributed by atoms with Crippen LogP contribution in [-0.4, -0.2) is 17.4 Å². The number of anilines is 1. The number of benzene rings is 2. The fourth-order valence-corrected chi connectivity index (χ4v) is 4.43. The Morgan fingerprint density at radius 1 is 1.07 bits per heavy atom. The SMILES string of the molecule is C.CC.CC(=O)N1CCCCc2nc(-c3ccc(OCc4ccccc4)cc3)sc21. The van der Waals surface area contributed by atoms with E-state index in [4.69, 9.17) is 9.72 Å². The molecule has 0 fully saturated rings. The van der Waals surface area contributed by atoms with E-state index < -0.39 is 0 Å². The van der Waals surface area contributed by atoms with E-state index >= 15 is 0 Å². The van der Waals surface area contributed by atoms with Gasteiger partial charge in [0.25, 0.3) is 0 Å². The predicted octanol–water partition coefficient (Wildman–Crippen LogP) is 6.74. The minimum Gasteiger partial charge on any atom is -0.489 e. The van der Waals surface area contributed by atoms with Crippen molar-refractivity contribution < 1.29 is 9.53 Å². The maximum atomic E-state index is 12.0. The van der Waals surface area contributed by atoms with Gasteiger partial charge < -0.3 is 9.64 Å². The number of fused-ring (bicyclic) bond motifs is 1. The van der Waals surface area contributed by atoms with Gasteiger partial charge in [0, 0.05) is 19.0 Å². The Kier molecular flexibility index (Phi) is 9.06. The molecular weight excluding hydrogens is 392 g/mol. The van der Waals surface area contributed by atoms with Crippen molar-refractivity contribution in [2.24, 2.45) is 0 Å². The first kappa shape index (κ1) is 23.6. The number of hydrogen-bond donors (Lipinski definition) is 0. The Bertz CT molecular complexity index is 920. The van der Waals surface area contributed by atoms with Crippen molar-refractivity contribution in [3.8, 4) is 16.3 Å². The molecule has 1 aromatic heterocycles. The summed E-state index contributed by atoms with van der Waals surface area (Å²) in [5, 5.41) is 1.97. The third-order valence-electron chi connectivity index (χ3n) is 4.70. The predicted molar refractivity (Wildman–Crippen MR) is 127 cm³/mol. The van der Waals surface area contributed by atoms with E-state index in [-0.39, 0.29) is 13.3 Å². The summed E-state index contributed by atoms with van der Waals surface area (Å²) in [7, 11) is 0. The molecule has 0 atom stereocenters. The van der Waals surface area contributed by atoms with Crippen LogP contribution in [0.3, 0.4) is 0 Å². The van der Waals surface area contributed by atoms with E-state index in [1.165, 1.54) is 0 Å². The first-order chi connectivity index (χ1) is 14.2. The lowest BCUT2D eigenvalue weighted by atomic mass is 10.2. The van der Waals surface area contributed by atoms with Crippen LogP contribution < -0.4 is 9.64 Å². The number of aromatic nitrogens is 1. The molecule has 0 unspecified atom stereocenters. The summed E-state index contributed by atoms with van der Waals surface area (Å²) in [5.41, 5.74) is 3.25. The maximum absolute atomic E-state index is 12.0. The number of hydrogen-bond acceptors (Lipinski definition) is 4. The molecule has 30 heavy (non-hydrogen) atoms. The number of carbonyl (C=O) groups excluding carboxylic acids is 1. The van der Waals surface area contributed by atoms with Crippen molar-refractivity contribution in [1.82, 2.24) is 4.98 Å². The Hall–Kier alpha value is -2.66. The maximum Gasteiger partial charge on any atom is 0.224 e. The van der Waals surface area contributed by atoms with Gasteiger partial charge in [-0.2, -0.15) is 0 Å². The molecule has 0 N–H and O–H groups in total. The smallest absolute Gasteiger partial charge is 0.224 e. The van der Waals surface area contributed by atoms with Crippen LogP contribution in [0.25, 0.3) is 10.6 Å². The van der Waals surface area contributed by atoms with Crippen LogP contribution in [0, 0.1) is 0 Å². The monoisotopic (exact) mass is 424 g/mol. The Morgan fingerprint density at radius 3 is 2.43 bits per heavy atom. The lowest BCUT2D eigenvalue weighted by Crippen LogP contribution is -2.28. The molecule has 0 spiro atoms. The number of thiazole rings is 1. The normalized spacial score (nSPS) is 12.6. The average Bonchev–Trinajstić information content (AvgIpc) is 3.08. The van der Waals surface area contributed by atoms with Crippen LogP contribution in [0.5, 0.6) is 5.75 Å². The lowest BCUT2D eigenvalue weighted by molar-refractivity contribution is -0.116. The quantitative estimate of drug-likeness (QED) is 0.466. The molecule has 0 saturated heterocycles. The molecule has 0 bridgehead atoms. The minimum absolute atomic E-state index is 0. The van der Waals surface area contributed by atoms with Crippen molar-refractivity contribution in [3.05, 3.63) is 65.9 Å². The lowest BCUT2D eigenvalue weighted by Gasteiger charge is -2.17. The molecule has 5 heteroatoms. The number of rotatable bonds is 4. The first-order valence-electron chi connectivity index (χ1n) is 10.3. The number of carbonyl (C=O) groups is 1. The van der Waals surface area contributed by atoms with Gasteiger partial charge in [0.15, 0.2) is 0 Å². The molecule has 0 radical (unpaired) electrons. The highest BCUT2D eigenvalue weighted by atomic mass is 32.1. The van der Waals surface area contributed by atoms with Gasteiger partial charge in [0.2, 0.25) is 5.91 Å². The largest absolute Gasteiger partial charge is 0.489 e. The zero-order chi connectivity index (χ0) is 20.6. The van der Waals surface area contributed by atoms with Crippen LogP contribution in [-0.2, 0) is 17.8 Å². The second-order valence-corrected chi connectivity index (χ2v) is 7.67. The van der Waals surface area contributed by atoms with Crippen LogP contribution in [0.15, 0.2) is 54.6 Å². The number of amides is 1. The highest BCUT2D eigenvalue weighted by Gasteiger charge is 2.23. The standard InChI is InChI=1S/C22H22N2O2S.C2H6.CH4/c1-16(25)24-14-6-5-9-20-22(24)27-21(23-20)18-10-12-19(13-11-18)26-15-17-7-3-2-4-8-17;1-2;/h2-4,7-8,10-13H,5-6,9,14-15H2,1H3;1-2H3;1H4. The van der Waals surface area contributed by atoms with Gasteiger partial charge in [0.05, 0.1) is 5.69 Å². The van der Waals surface area contributed by atoms with Crippen molar-refractivity contribution in [2.45, 2.75) is 54.1 Å². The average molecular weight is 425 g/mol. The van der Waals surface area contributed by atoms with Gasteiger partial charge in [-0.1, -0.05) is 62.9 Å². The summed E-state index contributed by atoms with van der Waals surface area (Å²) in [6.45, 7) is 6.98. The van der Waals surface area contributed by atoms with Gasteiger partial charge in [-0.25, -0.2) is 4.98 Å². The molecule has 4 nitrogen and oxygen atoms in total. The van der Waals surface area contributed by atoms with Crippen molar-refractivity contribution in [1.29, 1.82) is 0 Å². The Labute approximate surface area is 184 Å². The molecular formula is C25H32N2O2S.